The van der Waals surface area contributed by atoms with E-state index in [4.69, 9.17) is 15.0 Å². The molecule has 0 aliphatic rings. The number of rotatable bonds is 4. The third-order valence-electron chi connectivity index (χ3n) is 5.32. The Morgan fingerprint density at radius 3 is 1.18 bits per heavy atom. The van der Waals surface area contributed by atoms with Gasteiger partial charge >= 0.3 is 17.1 Å². The summed E-state index contributed by atoms with van der Waals surface area (Å²) in [5, 5.41) is 0. The first-order valence-corrected chi connectivity index (χ1v) is 10.4. The second kappa shape index (κ2) is 14.7. The summed E-state index contributed by atoms with van der Waals surface area (Å²) in [6.45, 7) is 16.7. The van der Waals surface area contributed by atoms with Crippen molar-refractivity contribution in [2.45, 2.75) is 55.4 Å². The molecule has 0 N–H and O–H groups in total. The molecule has 3 rings (SSSR count). The van der Waals surface area contributed by atoms with Crippen LogP contribution < -0.4 is 37.2 Å². The third kappa shape index (κ3) is 8.22. The van der Waals surface area contributed by atoms with E-state index in [1.165, 1.54) is 33.4 Å². The second-order valence-corrected chi connectivity index (χ2v) is 8.30. The minimum atomic E-state index is 0. The summed E-state index contributed by atoms with van der Waals surface area (Å²) in [5.41, 5.74) is 12.9. The van der Waals surface area contributed by atoms with Crippen molar-refractivity contribution in [2.24, 2.45) is 9.98 Å². The number of pyridine rings is 1. The summed E-state index contributed by atoms with van der Waals surface area (Å²) < 4.78 is 0. The molecular weight excluding hydrogens is 529 g/mol. The van der Waals surface area contributed by atoms with Crippen molar-refractivity contribution in [3.8, 4) is 0 Å². The predicted molar refractivity (Wildman–Crippen MR) is 129 cm³/mol. The molecule has 0 saturated heterocycles. The van der Waals surface area contributed by atoms with Gasteiger partial charge in [-0.2, -0.15) is 0 Å². The quantitative estimate of drug-likeness (QED) is 0.275. The van der Waals surface area contributed by atoms with Crippen LogP contribution in [0.15, 0.2) is 52.4 Å². The summed E-state index contributed by atoms with van der Waals surface area (Å²) in [7, 11) is 0. The van der Waals surface area contributed by atoms with E-state index >= 15 is 0 Å². The molecule has 2 aromatic carbocycles. The van der Waals surface area contributed by atoms with E-state index in [-0.39, 0.29) is 54.3 Å². The maximum atomic E-state index is 4.91. The number of hydrogen-bond donors (Lipinski definition) is 0. The molecule has 0 spiro atoms. The molecule has 1 aromatic heterocycles. The summed E-state index contributed by atoms with van der Waals surface area (Å²) in [5.74, 6) is 0. The Balaban J connectivity index is 0. The van der Waals surface area contributed by atoms with Gasteiger partial charge in [-0.05, 0) is 89.8 Å². The molecular formula is C27H31Cl3FeN3. The largest absolute Gasteiger partial charge is 3.00 e. The molecule has 1 heterocycles. The van der Waals surface area contributed by atoms with Gasteiger partial charge in [0.25, 0.3) is 0 Å². The Kier molecular flexibility index (Phi) is 14.9. The summed E-state index contributed by atoms with van der Waals surface area (Å²) in [6, 6.07) is 14.7. The van der Waals surface area contributed by atoms with Gasteiger partial charge in [-0.25, -0.2) is 4.98 Å². The molecule has 0 atom stereocenters. The van der Waals surface area contributed by atoms with Crippen LogP contribution in [0.25, 0.3) is 0 Å². The smallest absolute Gasteiger partial charge is 1.00 e. The summed E-state index contributed by atoms with van der Waals surface area (Å²) in [6.07, 6.45) is 0. The Morgan fingerprint density at radius 1 is 0.588 bits per heavy atom. The molecule has 0 aliphatic carbocycles. The number of aryl methyl sites for hydroxylation is 6. The van der Waals surface area contributed by atoms with E-state index in [1.54, 1.807) is 0 Å². The summed E-state index contributed by atoms with van der Waals surface area (Å²) in [4.78, 5) is 14.7. The number of nitrogens with zero attached hydrogens (tertiary/aromatic N) is 3. The SMILES string of the molecule is CC(=Nc1c(C)cc(C)cc1C)c1cccc(C(C)=Nc2c(C)cc(C)cc2C)n1.[Cl-].[Cl-].[Cl-].[Fe+3]. The van der Waals surface area contributed by atoms with Gasteiger partial charge in [-0.1, -0.05) is 41.5 Å². The average Bonchev–Trinajstić information content (AvgIpc) is 2.67. The van der Waals surface area contributed by atoms with Gasteiger partial charge in [0.05, 0.1) is 34.2 Å². The summed E-state index contributed by atoms with van der Waals surface area (Å²) >= 11 is 0. The Hall–Kier alpha value is -1.68. The zero-order valence-electron chi connectivity index (χ0n) is 20.9. The average molecular weight is 560 g/mol. The number of aliphatic imine (C=N–C) groups is 2. The Bertz CT molecular complexity index is 1050. The van der Waals surface area contributed by atoms with Crippen LogP contribution in [-0.2, 0) is 17.1 Å². The molecule has 0 bridgehead atoms. The van der Waals surface area contributed by atoms with Gasteiger partial charge in [0.2, 0.25) is 0 Å². The van der Waals surface area contributed by atoms with Gasteiger partial charge in [0.15, 0.2) is 0 Å². The minimum absolute atomic E-state index is 0. The van der Waals surface area contributed by atoms with Gasteiger partial charge in [0, 0.05) is 0 Å². The molecule has 0 fully saturated rings. The van der Waals surface area contributed by atoms with E-state index in [0.717, 1.165) is 34.2 Å². The van der Waals surface area contributed by atoms with Gasteiger partial charge < -0.3 is 37.2 Å². The third-order valence-corrected chi connectivity index (χ3v) is 5.32. The van der Waals surface area contributed by atoms with Crippen LogP contribution in [0.2, 0.25) is 0 Å². The topological polar surface area (TPSA) is 37.6 Å². The molecule has 0 aliphatic heterocycles. The Labute approximate surface area is 233 Å². The predicted octanol–water partition coefficient (Wildman–Crippen LogP) is -1.78. The Morgan fingerprint density at radius 2 is 0.882 bits per heavy atom. The first kappa shape index (κ1) is 34.5. The van der Waals surface area contributed by atoms with E-state index in [0.29, 0.717) is 0 Å². The van der Waals surface area contributed by atoms with Gasteiger partial charge in [-0.15, -0.1) is 0 Å². The zero-order valence-corrected chi connectivity index (χ0v) is 24.2. The second-order valence-electron chi connectivity index (χ2n) is 8.30. The normalized spacial score (nSPS) is 10.9. The molecule has 0 saturated carbocycles. The fourth-order valence-corrected chi connectivity index (χ4v) is 3.99. The number of benzene rings is 2. The van der Waals surface area contributed by atoms with E-state index in [1.807, 2.05) is 32.0 Å². The van der Waals surface area contributed by atoms with Crippen LogP contribution in [0.5, 0.6) is 0 Å². The van der Waals surface area contributed by atoms with Gasteiger partial charge in [0.1, 0.15) is 0 Å². The van der Waals surface area contributed by atoms with Crippen LogP contribution in [0.4, 0.5) is 11.4 Å². The minimum Gasteiger partial charge on any atom is -1.00 e. The van der Waals surface area contributed by atoms with Crippen molar-refractivity contribution >= 4 is 22.8 Å². The number of aromatic nitrogens is 1. The monoisotopic (exact) mass is 558 g/mol. The maximum absolute atomic E-state index is 4.91. The molecule has 1 radical (unpaired) electrons. The van der Waals surface area contributed by atoms with Crippen LogP contribution in [0.1, 0.15) is 58.6 Å². The first-order valence-electron chi connectivity index (χ1n) is 10.4. The van der Waals surface area contributed by atoms with Crippen molar-refractivity contribution in [1.82, 2.24) is 4.98 Å². The number of halogens is 3. The molecule has 0 amide bonds. The van der Waals surface area contributed by atoms with Crippen molar-refractivity contribution in [3.05, 3.63) is 87.2 Å². The van der Waals surface area contributed by atoms with Crippen LogP contribution in [0, 0.1) is 41.5 Å². The van der Waals surface area contributed by atoms with Crippen molar-refractivity contribution < 1.29 is 54.3 Å². The molecule has 0 unspecified atom stereocenters. The van der Waals surface area contributed by atoms with E-state index in [9.17, 15) is 0 Å². The standard InChI is InChI=1S/C27H31N3.3ClH.Fe/c1-16-12-18(3)26(19(4)13-16)28-22(7)24-10-9-11-25(30-24)23(8)29-27-20(5)14-17(2)15-21(27)6;;;;/h9-15H,1-8H3;3*1H;/q;;;;+3/p-3. The van der Waals surface area contributed by atoms with E-state index in [2.05, 4.69) is 65.8 Å². The van der Waals surface area contributed by atoms with Crippen LogP contribution >= 0.6 is 0 Å². The van der Waals surface area contributed by atoms with Crippen molar-refractivity contribution in [2.75, 3.05) is 0 Å². The van der Waals surface area contributed by atoms with Crippen molar-refractivity contribution in [1.29, 1.82) is 0 Å². The van der Waals surface area contributed by atoms with Crippen LogP contribution in [-0.4, -0.2) is 16.4 Å². The van der Waals surface area contributed by atoms with Crippen molar-refractivity contribution in [3.63, 3.8) is 0 Å². The van der Waals surface area contributed by atoms with Gasteiger partial charge in [-0.3, -0.25) is 9.98 Å². The molecule has 183 valence electrons. The molecule has 3 aromatic rings. The maximum Gasteiger partial charge on any atom is 3.00 e. The van der Waals surface area contributed by atoms with E-state index < -0.39 is 0 Å². The van der Waals surface area contributed by atoms with Crippen LogP contribution in [0.3, 0.4) is 0 Å². The zero-order chi connectivity index (χ0) is 22.0. The number of hydrogen-bond acceptors (Lipinski definition) is 3. The molecule has 3 nitrogen and oxygen atoms in total. The first-order chi connectivity index (χ1) is 14.2. The molecule has 7 heteroatoms. The molecule has 34 heavy (non-hydrogen) atoms. The fourth-order valence-electron chi connectivity index (χ4n) is 3.99. The fraction of sp³-hybridized carbons (Fsp3) is 0.296.